The smallest absolute Gasteiger partial charge is 0.278 e. The zero-order chi connectivity index (χ0) is 21.1. The van der Waals surface area contributed by atoms with Crippen molar-refractivity contribution < 1.29 is 14.3 Å². The lowest BCUT2D eigenvalue weighted by atomic mass is 10.0. The fourth-order valence-electron chi connectivity index (χ4n) is 3.90. The molecule has 2 aromatic rings. The van der Waals surface area contributed by atoms with Crippen LogP contribution in [0.5, 0.6) is 0 Å². The largest absolute Gasteiger partial charge is 0.379 e. The van der Waals surface area contributed by atoms with E-state index in [2.05, 4.69) is 4.90 Å². The molecule has 2 amide bonds. The number of hydrogen-bond acceptors (Lipinski definition) is 5. The highest BCUT2D eigenvalue weighted by Gasteiger charge is 2.41. The molecule has 2 aliphatic heterocycles. The molecule has 2 aromatic carbocycles. The van der Waals surface area contributed by atoms with Crippen molar-refractivity contribution in [2.45, 2.75) is 6.92 Å². The monoisotopic (exact) mass is 405 g/mol. The summed E-state index contributed by atoms with van der Waals surface area (Å²) in [6.07, 6.45) is 0. The number of carbonyl (C=O) groups is 2. The van der Waals surface area contributed by atoms with E-state index in [0.29, 0.717) is 37.6 Å². The first kappa shape index (κ1) is 20.3. The van der Waals surface area contributed by atoms with Gasteiger partial charge in [0, 0.05) is 38.9 Å². The Morgan fingerprint density at radius 3 is 2.23 bits per heavy atom. The van der Waals surface area contributed by atoms with Gasteiger partial charge < -0.3 is 9.64 Å². The van der Waals surface area contributed by atoms with Gasteiger partial charge in [-0.25, -0.2) is 0 Å². The summed E-state index contributed by atoms with van der Waals surface area (Å²) < 4.78 is 5.39. The number of para-hydroxylation sites is 1. The second kappa shape index (κ2) is 8.81. The first-order chi connectivity index (χ1) is 14.6. The summed E-state index contributed by atoms with van der Waals surface area (Å²) in [5.74, 6) is -0.468. The van der Waals surface area contributed by atoms with Crippen LogP contribution < -0.4 is 4.90 Å². The quantitative estimate of drug-likeness (QED) is 0.692. The Labute approximate surface area is 177 Å². The Morgan fingerprint density at radius 2 is 1.57 bits per heavy atom. The van der Waals surface area contributed by atoms with Crippen molar-refractivity contribution in [2.75, 3.05) is 51.3 Å². The first-order valence-electron chi connectivity index (χ1n) is 10.3. The summed E-state index contributed by atoms with van der Waals surface area (Å²) in [5, 5.41) is 0. The number of morpholine rings is 1. The number of likely N-dealkylation sites (N-methyl/N-ethyl adjacent to an activating group) is 1. The summed E-state index contributed by atoms with van der Waals surface area (Å²) in [4.78, 5) is 32.3. The van der Waals surface area contributed by atoms with Crippen molar-refractivity contribution in [1.29, 1.82) is 0 Å². The number of ether oxygens (including phenoxy) is 1. The van der Waals surface area contributed by atoms with Crippen LogP contribution in [0, 0.1) is 6.92 Å². The fourth-order valence-corrected chi connectivity index (χ4v) is 3.90. The van der Waals surface area contributed by atoms with E-state index in [4.69, 9.17) is 4.74 Å². The highest BCUT2D eigenvalue weighted by Crippen LogP contribution is 2.33. The van der Waals surface area contributed by atoms with E-state index in [-0.39, 0.29) is 11.8 Å². The number of rotatable bonds is 6. The molecule has 156 valence electrons. The number of amides is 2. The molecule has 2 heterocycles. The van der Waals surface area contributed by atoms with Gasteiger partial charge in [-0.1, -0.05) is 48.0 Å². The summed E-state index contributed by atoms with van der Waals surface area (Å²) >= 11 is 0. The Kier molecular flexibility index (Phi) is 5.97. The molecule has 0 atom stereocenters. The second-order valence-electron chi connectivity index (χ2n) is 7.70. The molecular formula is C24H27N3O3. The molecule has 2 aliphatic rings. The van der Waals surface area contributed by atoms with Crippen LogP contribution in [0.25, 0.3) is 5.57 Å². The van der Waals surface area contributed by atoms with Crippen LogP contribution in [0.1, 0.15) is 11.1 Å². The van der Waals surface area contributed by atoms with Crippen molar-refractivity contribution in [2.24, 2.45) is 0 Å². The van der Waals surface area contributed by atoms with Gasteiger partial charge in [0.2, 0.25) is 0 Å². The van der Waals surface area contributed by atoms with Crippen molar-refractivity contribution >= 4 is 23.1 Å². The number of benzene rings is 2. The van der Waals surface area contributed by atoms with Gasteiger partial charge in [-0.2, -0.15) is 0 Å². The van der Waals surface area contributed by atoms with Gasteiger partial charge in [0.25, 0.3) is 11.8 Å². The number of anilines is 1. The average molecular weight is 405 g/mol. The van der Waals surface area contributed by atoms with E-state index >= 15 is 0 Å². The van der Waals surface area contributed by atoms with Crippen LogP contribution in [-0.2, 0) is 14.3 Å². The van der Waals surface area contributed by atoms with Gasteiger partial charge in [-0.05, 0) is 24.6 Å². The first-order valence-corrected chi connectivity index (χ1v) is 10.3. The molecule has 6 nitrogen and oxygen atoms in total. The van der Waals surface area contributed by atoms with Gasteiger partial charge in [-0.3, -0.25) is 19.4 Å². The maximum Gasteiger partial charge on any atom is 0.278 e. The summed E-state index contributed by atoms with van der Waals surface area (Å²) in [7, 11) is 1.84. The molecule has 0 radical (unpaired) electrons. The normalized spacial score (nSPS) is 17.7. The lowest BCUT2D eigenvalue weighted by Crippen LogP contribution is -2.44. The van der Waals surface area contributed by atoms with Crippen molar-refractivity contribution in [1.82, 2.24) is 9.80 Å². The minimum atomic E-state index is -0.241. The molecular weight excluding hydrogens is 378 g/mol. The molecule has 30 heavy (non-hydrogen) atoms. The molecule has 0 unspecified atom stereocenters. The zero-order valence-electron chi connectivity index (χ0n) is 17.5. The topological polar surface area (TPSA) is 53.1 Å². The maximum absolute atomic E-state index is 13.4. The van der Waals surface area contributed by atoms with Crippen LogP contribution in [0.2, 0.25) is 0 Å². The van der Waals surface area contributed by atoms with Crippen molar-refractivity contribution in [3.63, 3.8) is 0 Å². The molecule has 0 spiro atoms. The molecule has 1 fully saturated rings. The molecule has 4 rings (SSSR count). The fraction of sp³-hybridized carbons (Fsp3) is 0.333. The van der Waals surface area contributed by atoms with Crippen LogP contribution in [0.4, 0.5) is 5.69 Å². The Balaban J connectivity index is 1.66. The van der Waals surface area contributed by atoms with Crippen molar-refractivity contribution in [3.05, 3.63) is 71.4 Å². The van der Waals surface area contributed by atoms with Gasteiger partial charge in [0.1, 0.15) is 5.70 Å². The third-order valence-electron chi connectivity index (χ3n) is 5.71. The predicted octanol–water partition coefficient (Wildman–Crippen LogP) is 2.54. The van der Waals surface area contributed by atoms with Crippen LogP contribution in [0.15, 0.2) is 60.3 Å². The standard InChI is InChI=1S/C24H27N3O3/c1-18-8-10-19(11-9-18)21-22(25(2)20-6-4-3-5-7-20)24(29)27(23(21)28)13-12-26-14-16-30-17-15-26/h3-11H,12-17H2,1-2H3. The molecule has 0 aromatic heterocycles. The van der Waals surface area contributed by atoms with Gasteiger partial charge in [-0.15, -0.1) is 0 Å². The van der Waals surface area contributed by atoms with Crippen molar-refractivity contribution in [3.8, 4) is 0 Å². The lowest BCUT2D eigenvalue weighted by molar-refractivity contribution is -0.137. The lowest BCUT2D eigenvalue weighted by Gasteiger charge is -2.28. The average Bonchev–Trinajstić information content (AvgIpc) is 3.03. The number of carbonyl (C=O) groups excluding carboxylic acids is 2. The van der Waals surface area contributed by atoms with E-state index in [1.165, 1.54) is 4.90 Å². The van der Waals surface area contributed by atoms with Crippen LogP contribution >= 0.6 is 0 Å². The van der Waals surface area contributed by atoms with Crippen LogP contribution in [-0.4, -0.2) is 68.1 Å². The van der Waals surface area contributed by atoms with Gasteiger partial charge in [0.05, 0.1) is 18.8 Å². The van der Waals surface area contributed by atoms with E-state index in [9.17, 15) is 9.59 Å². The third-order valence-corrected chi connectivity index (χ3v) is 5.71. The third kappa shape index (κ3) is 4.01. The minimum Gasteiger partial charge on any atom is -0.379 e. The molecule has 6 heteroatoms. The molecule has 0 saturated carbocycles. The Morgan fingerprint density at radius 1 is 0.900 bits per heavy atom. The number of imide groups is 1. The SMILES string of the molecule is Cc1ccc(C2=C(N(C)c3ccccc3)C(=O)N(CCN3CCOCC3)C2=O)cc1. The second-order valence-corrected chi connectivity index (χ2v) is 7.70. The Bertz CT molecular complexity index is 947. The highest BCUT2D eigenvalue weighted by molar-refractivity contribution is 6.36. The number of nitrogens with zero attached hydrogens (tertiary/aromatic N) is 3. The molecule has 0 aliphatic carbocycles. The summed E-state index contributed by atoms with van der Waals surface area (Å²) in [6.45, 7) is 6.07. The molecule has 0 N–H and O–H groups in total. The number of hydrogen-bond donors (Lipinski definition) is 0. The van der Waals surface area contributed by atoms with E-state index in [1.807, 2.05) is 73.5 Å². The van der Waals surface area contributed by atoms with E-state index < -0.39 is 0 Å². The van der Waals surface area contributed by atoms with E-state index in [0.717, 1.165) is 29.9 Å². The van der Waals surface area contributed by atoms with Gasteiger partial charge >= 0.3 is 0 Å². The minimum absolute atomic E-state index is 0.227. The Hall–Kier alpha value is -2.96. The van der Waals surface area contributed by atoms with Crippen LogP contribution in [0.3, 0.4) is 0 Å². The van der Waals surface area contributed by atoms with Gasteiger partial charge in [0.15, 0.2) is 0 Å². The maximum atomic E-state index is 13.4. The predicted molar refractivity (Wildman–Crippen MR) is 117 cm³/mol. The molecule has 0 bridgehead atoms. The number of aryl methyl sites for hydroxylation is 1. The highest BCUT2D eigenvalue weighted by atomic mass is 16.5. The molecule has 1 saturated heterocycles. The summed E-state index contributed by atoms with van der Waals surface area (Å²) in [5.41, 5.74) is 3.64. The zero-order valence-corrected chi connectivity index (χ0v) is 17.5. The van der Waals surface area contributed by atoms with E-state index in [1.54, 1.807) is 0 Å². The summed E-state index contributed by atoms with van der Waals surface area (Å²) in [6, 6.07) is 17.4.